The number of anilines is 2. The van der Waals surface area contributed by atoms with Gasteiger partial charge in [-0.3, -0.25) is 4.57 Å². The van der Waals surface area contributed by atoms with Crippen LogP contribution in [0.15, 0.2) is 40.9 Å². The second kappa shape index (κ2) is 9.70. The quantitative estimate of drug-likeness (QED) is 0.378. The number of rotatable bonds is 6. The Kier molecular flexibility index (Phi) is 7.98. The molecule has 2 aromatic rings. The maximum Gasteiger partial charge on any atom is 0.417 e. The molecule has 0 aliphatic heterocycles. The predicted octanol–water partition coefficient (Wildman–Crippen LogP) is 6.39. The molecule has 2 atom stereocenters. The fourth-order valence-electron chi connectivity index (χ4n) is 2.32. The van der Waals surface area contributed by atoms with Gasteiger partial charge in [-0.05, 0) is 49.7 Å². The van der Waals surface area contributed by atoms with Crippen LogP contribution in [0.4, 0.5) is 29.3 Å². The van der Waals surface area contributed by atoms with Gasteiger partial charge in [0.15, 0.2) is 0 Å². The van der Waals surface area contributed by atoms with E-state index in [1.807, 2.05) is 0 Å². The Bertz CT molecular complexity index is 990. The highest BCUT2D eigenvalue weighted by Crippen LogP contribution is 2.45. The molecule has 0 saturated carbocycles. The first-order valence-electron chi connectivity index (χ1n) is 8.59. The van der Waals surface area contributed by atoms with Crippen molar-refractivity contribution >= 4 is 57.8 Å². The van der Waals surface area contributed by atoms with Gasteiger partial charge in [-0.25, -0.2) is 4.79 Å². The third-order valence-electron chi connectivity index (χ3n) is 3.94. The minimum absolute atomic E-state index is 0.0326. The molecular weight excluding hydrogens is 512 g/mol. The fourth-order valence-corrected chi connectivity index (χ4v) is 4.57. The zero-order valence-corrected chi connectivity index (χ0v) is 19.0. The summed E-state index contributed by atoms with van der Waals surface area (Å²) >= 11 is 8.75. The number of nitrogens with one attached hydrogen (secondary N) is 2. The number of halogens is 5. The Balaban J connectivity index is 2.27. The molecule has 0 radical (unpaired) electrons. The Morgan fingerprint density at radius 3 is 2.53 bits per heavy atom. The van der Waals surface area contributed by atoms with E-state index in [1.54, 1.807) is 13.8 Å². The van der Waals surface area contributed by atoms with E-state index < -0.39 is 36.5 Å². The van der Waals surface area contributed by atoms with Crippen LogP contribution < -0.4 is 15.9 Å². The number of hydrogen-bond acceptors (Lipinski definition) is 3. The van der Waals surface area contributed by atoms with Crippen molar-refractivity contribution in [2.45, 2.75) is 32.5 Å². The van der Waals surface area contributed by atoms with Gasteiger partial charge in [0.25, 0.3) is 0 Å². The molecule has 3 N–H and O–H groups in total. The van der Waals surface area contributed by atoms with Gasteiger partial charge < -0.3 is 20.1 Å². The second-order valence-electron chi connectivity index (χ2n) is 6.28. The third-order valence-corrected chi connectivity index (χ3v) is 6.39. The fraction of sp³-hybridized carbons (Fsp3) is 0.278. The van der Waals surface area contributed by atoms with Gasteiger partial charge in [-0.2, -0.15) is 13.2 Å². The number of urea groups is 1. The van der Waals surface area contributed by atoms with Crippen molar-refractivity contribution in [1.29, 1.82) is 0 Å². The minimum atomic E-state index is -4.69. The summed E-state index contributed by atoms with van der Waals surface area (Å²) in [4.78, 5) is 22.7. The van der Waals surface area contributed by atoms with Gasteiger partial charge in [0.2, 0.25) is 0 Å². The summed E-state index contributed by atoms with van der Waals surface area (Å²) in [5.74, 6) is 0. The summed E-state index contributed by atoms with van der Waals surface area (Å²) in [5, 5.41) is 3.93. The van der Waals surface area contributed by atoms with Crippen molar-refractivity contribution in [2.24, 2.45) is 0 Å². The summed E-state index contributed by atoms with van der Waals surface area (Å²) in [6.07, 6.45) is -4.72. The predicted molar refractivity (Wildman–Crippen MR) is 114 cm³/mol. The number of amides is 2. The van der Waals surface area contributed by atoms with Crippen molar-refractivity contribution in [1.82, 2.24) is 0 Å². The molecule has 2 amide bonds. The lowest BCUT2D eigenvalue weighted by molar-refractivity contribution is -0.137. The van der Waals surface area contributed by atoms with Crippen LogP contribution in [-0.4, -0.2) is 17.0 Å². The van der Waals surface area contributed by atoms with Crippen molar-refractivity contribution in [2.75, 3.05) is 10.6 Å². The standard InChI is InChI=1S/C18H18BrClF3N2O4P/c1-3-10(2)29-30(27,28)16-8-11(19)4-7-15(16)25-17(26)24-12-5-6-14(20)13(9-12)18(21,22)23/h4-10H,3H2,1-2H3,(H,27,28)(H2,24,25,26). The molecule has 0 spiro atoms. The van der Waals surface area contributed by atoms with Crippen molar-refractivity contribution in [3.8, 4) is 0 Å². The molecule has 12 heteroatoms. The summed E-state index contributed by atoms with van der Waals surface area (Å²) < 4.78 is 57.3. The molecule has 30 heavy (non-hydrogen) atoms. The summed E-state index contributed by atoms with van der Waals surface area (Å²) in [6.45, 7) is 3.40. The lowest BCUT2D eigenvalue weighted by Gasteiger charge is -2.20. The van der Waals surface area contributed by atoms with Gasteiger partial charge in [0.05, 0.1) is 27.7 Å². The Morgan fingerprint density at radius 1 is 1.27 bits per heavy atom. The average Bonchev–Trinajstić information content (AvgIpc) is 2.63. The number of carbonyl (C=O) groups is 1. The van der Waals surface area contributed by atoms with Gasteiger partial charge >= 0.3 is 19.8 Å². The number of carbonyl (C=O) groups excluding carboxylic acids is 1. The van der Waals surface area contributed by atoms with E-state index in [2.05, 4.69) is 26.6 Å². The van der Waals surface area contributed by atoms with Gasteiger partial charge in [-0.1, -0.05) is 34.5 Å². The summed E-state index contributed by atoms with van der Waals surface area (Å²) in [7, 11) is -4.30. The van der Waals surface area contributed by atoms with E-state index in [0.29, 0.717) is 17.0 Å². The van der Waals surface area contributed by atoms with Crippen molar-refractivity contribution in [3.05, 3.63) is 51.5 Å². The van der Waals surface area contributed by atoms with E-state index in [-0.39, 0.29) is 16.7 Å². The Hall–Kier alpha value is -1.58. The zero-order valence-electron chi connectivity index (χ0n) is 15.8. The van der Waals surface area contributed by atoms with Crippen LogP contribution in [0.5, 0.6) is 0 Å². The van der Waals surface area contributed by atoms with Crippen molar-refractivity contribution in [3.63, 3.8) is 0 Å². The molecule has 0 aromatic heterocycles. The van der Waals surface area contributed by atoms with E-state index in [4.69, 9.17) is 16.1 Å². The maximum atomic E-state index is 13.0. The molecule has 0 aliphatic rings. The molecule has 0 heterocycles. The molecule has 0 saturated heterocycles. The summed E-state index contributed by atoms with van der Waals surface area (Å²) in [6, 6.07) is 6.18. The van der Waals surface area contributed by atoms with Crippen LogP contribution in [0.1, 0.15) is 25.8 Å². The second-order valence-corrected chi connectivity index (χ2v) is 9.33. The van der Waals surface area contributed by atoms with Crippen LogP contribution in [0.25, 0.3) is 0 Å². The highest BCUT2D eigenvalue weighted by molar-refractivity contribution is 9.10. The molecule has 164 valence electrons. The smallest absolute Gasteiger partial charge is 0.321 e. The average molecular weight is 530 g/mol. The molecule has 0 bridgehead atoms. The van der Waals surface area contributed by atoms with Crippen LogP contribution in [-0.2, 0) is 15.3 Å². The first kappa shape index (κ1) is 24.7. The SMILES string of the molecule is CCC(C)OP(=O)(O)c1cc(Br)ccc1NC(=O)Nc1ccc(Cl)c(C(F)(F)F)c1. The molecule has 2 rings (SSSR count). The van der Waals surface area contributed by atoms with Gasteiger partial charge in [-0.15, -0.1) is 0 Å². The summed E-state index contributed by atoms with van der Waals surface area (Å²) in [5.41, 5.74) is -1.30. The van der Waals surface area contributed by atoms with Crippen LogP contribution in [0.3, 0.4) is 0 Å². The van der Waals surface area contributed by atoms with Crippen LogP contribution >= 0.6 is 35.1 Å². The highest BCUT2D eigenvalue weighted by Gasteiger charge is 2.33. The molecule has 2 aromatic carbocycles. The first-order valence-corrected chi connectivity index (χ1v) is 11.3. The number of alkyl halides is 3. The number of benzene rings is 2. The molecule has 6 nitrogen and oxygen atoms in total. The van der Waals surface area contributed by atoms with E-state index in [1.165, 1.54) is 24.3 Å². The van der Waals surface area contributed by atoms with E-state index in [0.717, 1.165) is 6.07 Å². The van der Waals surface area contributed by atoms with E-state index in [9.17, 15) is 27.4 Å². The Morgan fingerprint density at radius 2 is 1.93 bits per heavy atom. The van der Waals surface area contributed by atoms with Crippen molar-refractivity contribution < 1.29 is 31.9 Å². The maximum absolute atomic E-state index is 13.0. The van der Waals surface area contributed by atoms with Crippen LogP contribution in [0.2, 0.25) is 5.02 Å². The zero-order chi connectivity index (χ0) is 22.7. The minimum Gasteiger partial charge on any atom is -0.321 e. The lowest BCUT2D eigenvalue weighted by atomic mass is 10.2. The van der Waals surface area contributed by atoms with Gasteiger partial charge in [0, 0.05) is 10.2 Å². The highest BCUT2D eigenvalue weighted by atomic mass is 79.9. The molecule has 0 fully saturated rings. The molecule has 0 aliphatic carbocycles. The third kappa shape index (κ3) is 6.46. The van der Waals surface area contributed by atoms with Gasteiger partial charge in [0.1, 0.15) is 0 Å². The monoisotopic (exact) mass is 528 g/mol. The van der Waals surface area contributed by atoms with Crippen LogP contribution in [0, 0.1) is 0 Å². The van der Waals surface area contributed by atoms with E-state index >= 15 is 0 Å². The largest absolute Gasteiger partial charge is 0.417 e. The normalized spacial score (nSPS) is 14.7. The Labute approximate surface area is 184 Å². The topological polar surface area (TPSA) is 87.7 Å². The first-order chi connectivity index (χ1) is 13.8. The lowest BCUT2D eigenvalue weighted by Crippen LogP contribution is -2.24. The number of hydrogen-bond donors (Lipinski definition) is 3. The molecule has 2 unspecified atom stereocenters. The molecular formula is C18H18BrClF3N2O4P.